The molecule has 7 aromatic rings. The summed E-state index contributed by atoms with van der Waals surface area (Å²) in [7, 11) is 0. The molecule has 0 fully saturated rings. The van der Waals surface area contributed by atoms with Crippen LogP contribution in [0.2, 0.25) is 0 Å². The minimum absolute atomic E-state index is 0.174. The molecule has 0 atom stereocenters. The van der Waals surface area contributed by atoms with Gasteiger partial charge in [0.15, 0.2) is 17.5 Å². The molecule has 1 aliphatic rings. The number of aromatic nitrogens is 3. The van der Waals surface area contributed by atoms with Gasteiger partial charge in [0.05, 0.1) is 0 Å². The Morgan fingerprint density at radius 3 is 1.82 bits per heavy atom. The Morgan fingerprint density at radius 2 is 1.07 bits per heavy atom. The van der Waals surface area contributed by atoms with Gasteiger partial charge in [-0.05, 0) is 58.1 Å². The second-order valence-electron chi connectivity index (χ2n) is 13.6. The lowest BCUT2D eigenvalue weighted by Gasteiger charge is -2.42. The molecule has 0 amide bonds. The van der Waals surface area contributed by atoms with Crippen LogP contribution in [0.15, 0.2) is 115 Å². The zero-order chi connectivity index (χ0) is 30.8. The summed E-state index contributed by atoms with van der Waals surface area (Å²) >= 11 is 1.79. The van der Waals surface area contributed by atoms with Gasteiger partial charge in [-0.15, -0.1) is 11.3 Å². The monoisotopic (exact) mass is 601 g/mol. The second-order valence-corrected chi connectivity index (χ2v) is 14.6. The Bertz CT molecular complexity index is 2210. The molecule has 3 nitrogen and oxygen atoms in total. The van der Waals surface area contributed by atoms with Crippen molar-refractivity contribution in [2.45, 2.75) is 51.4 Å². The van der Waals surface area contributed by atoms with Crippen molar-refractivity contribution in [2.24, 2.45) is 0 Å². The third kappa shape index (κ3) is 4.85. The van der Waals surface area contributed by atoms with E-state index >= 15 is 0 Å². The summed E-state index contributed by atoms with van der Waals surface area (Å²) < 4.78 is 2.46. The molecule has 2 heterocycles. The van der Waals surface area contributed by atoms with E-state index in [1.807, 2.05) is 18.2 Å². The predicted molar refractivity (Wildman–Crippen MR) is 190 cm³/mol. The second kappa shape index (κ2) is 10.5. The molecule has 0 spiro atoms. The fraction of sp³-hybridized carbons (Fsp3) is 0.195. The molecule has 0 N–H and O–H groups in total. The van der Waals surface area contributed by atoms with Crippen LogP contribution < -0.4 is 0 Å². The predicted octanol–water partition coefficient (Wildman–Crippen LogP) is 11.3. The molecule has 0 saturated carbocycles. The lowest BCUT2D eigenvalue weighted by Crippen LogP contribution is -2.33. The quantitative estimate of drug-likeness (QED) is 0.201. The summed E-state index contributed by atoms with van der Waals surface area (Å²) in [5.41, 5.74) is 8.78. The van der Waals surface area contributed by atoms with Gasteiger partial charge < -0.3 is 0 Å². The maximum absolute atomic E-state index is 5.10. The molecule has 220 valence electrons. The Morgan fingerprint density at radius 1 is 0.489 bits per heavy atom. The molecule has 8 rings (SSSR count). The van der Waals surface area contributed by atoms with Crippen LogP contribution in [-0.2, 0) is 10.8 Å². The van der Waals surface area contributed by atoms with Crippen molar-refractivity contribution in [3.05, 3.63) is 126 Å². The highest BCUT2D eigenvalue weighted by atomic mass is 32.1. The first-order valence-electron chi connectivity index (χ1n) is 15.7. The Hall–Kier alpha value is -4.67. The van der Waals surface area contributed by atoms with E-state index in [4.69, 9.17) is 15.0 Å². The molecule has 0 aliphatic heterocycles. The van der Waals surface area contributed by atoms with Crippen molar-refractivity contribution in [3.8, 4) is 45.3 Å². The molecule has 0 bridgehead atoms. The Kier molecular flexibility index (Phi) is 6.47. The number of hydrogen-bond acceptors (Lipinski definition) is 4. The zero-order valence-electron chi connectivity index (χ0n) is 26.1. The van der Waals surface area contributed by atoms with E-state index in [0.29, 0.717) is 17.5 Å². The third-order valence-electron chi connectivity index (χ3n) is 9.64. The first-order valence-corrected chi connectivity index (χ1v) is 16.6. The van der Waals surface area contributed by atoms with Gasteiger partial charge in [-0.1, -0.05) is 131 Å². The van der Waals surface area contributed by atoms with Crippen LogP contribution in [0.1, 0.15) is 51.7 Å². The fourth-order valence-corrected chi connectivity index (χ4v) is 8.06. The average Bonchev–Trinajstić information content (AvgIpc) is 3.46. The van der Waals surface area contributed by atoms with Crippen LogP contribution in [0.3, 0.4) is 0 Å². The molecular formula is C41H35N3S. The summed E-state index contributed by atoms with van der Waals surface area (Å²) in [6, 6.07) is 41.0. The minimum Gasteiger partial charge on any atom is -0.208 e. The van der Waals surface area contributed by atoms with Crippen LogP contribution >= 0.6 is 11.3 Å². The van der Waals surface area contributed by atoms with Crippen LogP contribution in [0.5, 0.6) is 0 Å². The van der Waals surface area contributed by atoms with E-state index in [9.17, 15) is 0 Å². The standard InChI is InChI=1S/C41H35N3S/c1-40(2)23-24-41(3,4)34-25-29(21-22-33(34)40)26-17-19-28(20-18-26)38-42-37(27-11-6-5-7-12-27)43-39(44-38)32-15-10-14-31-30-13-8-9-16-35(30)45-36(31)32/h5-22,25H,23-24H2,1-4H3. The number of benzene rings is 5. The fourth-order valence-electron chi connectivity index (χ4n) is 6.85. The van der Waals surface area contributed by atoms with Crippen molar-refractivity contribution < 1.29 is 0 Å². The van der Waals surface area contributed by atoms with Gasteiger partial charge in [-0.25, -0.2) is 15.0 Å². The lowest BCUT2D eigenvalue weighted by atomic mass is 9.63. The summed E-state index contributed by atoms with van der Waals surface area (Å²) in [5, 5.41) is 2.50. The van der Waals surface area contributed by atoms with E-state index in [-0.39, 0.29) is 10.8 Å². The van der Waals surface area contributed by atoms with E-state index in [1.165, 1.54) is 55.3 Å². The third-order valence-corrected chi connectivity index (χ3v) is 10.9. The topological polar surface area (TPSA) is 38.7 Å². The van der Waals surface area contributed by atoms with Gasteiger partial charge in [-0.3, -0.25) is 0 Å². The highest BCUT2D eigenvalue weighted by Crippen LogP contribution is 2.47. The largest absolute Gasteiger partial charge is 0.208 e. The van der Waals surface area contributed by atoms with Crippen molar-refractivity contribution in [2.75, 3.05) is 0 Å². The van der Waals surface area contributed by atoms with E-state index in [0.717, 1.165) is 16.7 Å². The van der Waals surface area contributed by atoms with E-state index in [1.54, 1.807) is 11.3 Å². The molecule has 1 aliphatic carbocycles. The van der Waals surface area contributed by atoms with Crippen LogP contribution in [0.25, 0.3) is 65.5 Å². The maximum Gasteiger partial charge on any atom is 0.165 e. The number of thiophene rings is 1. The SMILES string of the molecule is CC1(C)CCC(C)(C)c2cc(-c3ccc(-c4nc(-c5ccccc5)nc(-c5cccc6c5sc5ccccc56)n4)cc3)ccc21. The van der Waals surface area contributed by atoms with Crippen LogP contribution in [0, 0.1) is 0 Å². The highest BCUT2D eigenvalue weighted by molar-refractivity contribution is 7.26. The lowest BCUT2D eigenvalue weighted by molar-refractivity contribution is 0.332. The van der Waals surface area contributed by atoms with Crippen molar-refractivity contribution >= 4 is 31.5 Å². The molecule has 4 heteroatoms. The molecular weight excluding hydrogens is 567 g/mol. The summed E-state index contributed by atoms with van der Waals surface area (Å²) in [6.07, 6.45) is 2.42. The number of fused-ring (bicyclic) bond motifs is 4. The van der Waals surface area contributed by atoms with Gasteiger partial charge in [0.1, 0.15) is 0 Å². The number of nitrogens with zero attached hydrogens (tertiary/aromatic N) is 3. The van der Waals surface area contributed by atoms with E-state index in [2.05, 4.69) is 125 Å². The summed E-state index contributed by atoms with van der Waals surface area (Å²) in [5.74, 6) is 2.05. The average molecular weight is 602 g/mol. The molecule has 0 radical (unpaired) electrons. The number of rotatable bonds is 4. The van der Waals surface area contributed by atoms with Crippen molar-refractivity contribution in [1.29, 1.82) is 0 Å². The van der Waals surface area contributed by atoms with Gasteiger partial charge in [0, 0.05) is 36.9 Å². The maximum atomic E-state index is 5.10. The highest BCUT2D eigenvalue weighted by Gasteiger charge is 2.37. The van der Waals surface area contributed by atoms with Gasteiger partial charge in [0.25, 0.3) is 0 Å². The molecule has 45 heavy (non-hydrogen) atoms. The van der Waals surface area contributed by atoms with Gasteiger partial charge in [-0.2, -0.15) is 0 Å². The Balaban J connectivity index is 1.23. The minimum atomic E-state index is 0.174. The first kappa shape index (κ1) is 27.8. The first-order chi connectivity index (χ1) is 21.8. The Labute approximate surface area is 268 Å². The van der Waals surface area contributed by atoms with Gasteiger partial charge in [0.2, 0.25) is 0 Å². The van der Waals surface area contributed by atoms with Crippen LogP contribution in [0.4, 0.5) is 0 Å². The summed E-state index contributed by atoms with van der Waals surface area (Å²) in [4.78, 5) is 15.1. The molecule has 0 saturated heterocycles. The molecule has 0 unspecified atom stereocenters. The zero-order valence-corrected chi connectivity index (χ0v) is 27.0. The molecule has 2 aromatic heterocycles. The van der Waals surface area contributed by atoms with E-state index < -0.39 is 0 Å². The van der Waals surface area contributed by atoms with Crippen molar-refractivity contribution in [1.82, 2.24) is 15.0 Å². The van der Waals surface area contributed by atoms with Gasteiger partial charge >= 0.3 is 0 Å². The number of hydrogen-bond donors (Lipinski definition) is 0. The molecule has 5 aromatic carbocycles. The summed E-state index contributed by atoms with van der Waals surface area (Å²) in [6.45, 7) is 9.53. The van der Waals surface area contributed by atoms with Crippen molar-refractivity contribution in [3.63, 3.8) is 0 Å². The van der Waals surface area contributed by atoms with Crippen LogP contribution in [-0.4, -0.2) is 15.0 Å². The normalized spacial score (nSPS) is 15.3. The smallest absolute Gasteiger partial charge is 0.165 e.